The van der Waals surface area contributed by atoms with Crippen LogP contribution in [0.15, 0.2) is 30.4 Å². The number of sulfonamides is 1. The summed E-state index contributed by atoms with van der Waals surface area (Å²) in [5.74, 6) is -0.865. The summed E-state index contributed by atoms with van der Waals surface area (Å²) >= 11 is 0. The highest BCUT2D eigenvalue weighted by molar-refractivity contribution is 7.93. The van der Waals surface area contributed by atoms with E-state index in [0.717, 1.165) is 12.1 Å². The third-order valence-corrected chi connectivity index (χ3v) is 7.66. The molecule has 5 nitrogen and oxygen atoms in total. The maximum Gasteiger partial charge on any atom is 0.417 e. The van der Waals surface area contributed by atoms with Crippen LogP contribution in [0.5, 0.6) is 0 Å². The van der Waals surface area contributed by atoms with Crippen LogP contribution in [0.3, 0.4) is 0 Å². The zero-order chi connectivity index (χ0) is 18.1. The van der Waals surface area contributed by atoms with Gasteiger partial charge in [-0.05, 0) is 36.5 Å². The SMILES string of the molecule is N#Cc1ccc(N2C(O)[C@@H]3[C@@H]([C@@H]4C=C[C@H]3C4)S2(=O)=O)cc1C(F)(F)F. The Morgan fingerprint density at radius 3 is 2.52 bits per heavy atom. The largest absolute Gasteiger partial charge is 0.417 e. The lowest BCUT2D eigenvalue weighted by atomic mass is 9.91. The number of alkyl halides is 3. The van der Waals surface area contributed by atoms with Gasteiger partial charge in [-0.25, -0.2) is 12.7 Å². The fraction of sp³-hybridized carbons (Fsp3) is 0.438. The summed E-state index contributed by atoms with van der Waals surface area (Å²) in [7, 11) is -4.00. The Kier molecular flexibility index (Phi) is 3.28. The molecular formula is C16H13F3N2O3S. The number of anilines is 1. The molecule has 0 aromatic heterocycles. The molecule has 2 aliphatic carbocycles. The lowest BCUT2D eigenvalue weighted by Gasteiger charge is -2.26. The van der Waals surface area contributed by atoms with Gasteiger partial charge in [0.2, 0.25) is 10.0 Å². The van der Waals surface area contributed by atoms with Crippen molar-refractivity contribution in [1.82, 2.24) is 0 Å². The Bertz CT molecular complexity index is 920. The van der Waals surface area contributed by atoms with E-state index >= 15 is 0 Å². The molecule has 1 aromatic rings. The van der Waals surface area contributed by atoms with Crippen molar-refractivity contribution >= 4 is 15.7 Å². The molecule has 132 valence electrons. The first kappa shape index (κ1) is 16.4. The average molecular weight is 370 g/mol. The molecular weight excluding hydrogens is 357 g/mol. The van der Waals surface area contributed by atoms with Crippen molar-refractivity contribution in [2.75, 3.05) is 4.31 Å². The van der Waals surface area contributed by atoms with Crippen LogP contribution in [0.4, 0.5) is 18.9 Å². The van der Waals surface area contributed by atoms with Crippen LogP contribution >= 0.6 is 0 Å². The molecule has 1 aliphatic heterocycles. The van der Waals surface area contributed by atoms with Gasteiger partial charge >= 0.3 is 6.18 Å². The van der Waals surface area contributed by atoms with Crippen molar-refractivity contribution in [2.24, 2.45) is 17.8 Å². The molecule has 3 aliphatic rings. The normalized spacial score (nSPS) is 35.0. The van der Waals surface area contributed by atoms with Crippen molar-refractivity contribution < 1.29 is 26.7 Å². The minimum atomic E-state index is -4.80. The van der Waals surface area contributed by atoms with Crippen LogP contribution in [-0.4, -0.2) is 25.0 Å². The van der Waals surface area contributed by atoms with Gasteiger partial charge in [-0.3, -0.25) is 0 Å². The van der Waals surface area contributed by atoms with E-state index in [1.54, 1.807) is 6.08 Å². The van der Waals surface area contributed by atoms with E-state index in [9.17, 15) is 26.7 Å². The molecule has 2 fully saturated rings. The number of hydrogen-bond acceptors (Lipinski definition) is 4. The number of aliphatic hydroxyl groups excluding tert-OH is 1. The highest BCUT2D eigenvalue weighted by atomic mass is 32.2. The molecule has 1 aromatic carbocycles. The second-order valence-corrected chi connectivity index (χ2v) is 8.55. The Labute approximate surface area is 142 Å². The first-order valence-electron chi connectivity index (χ1n) is 7.67. The first-order valence-corrected chi connectivity index (χ1v) is 9.17. The van der Waals surface area contributed by atoms with Crippen LogP contribution < -0.4 is 4.31 Å². The summed E-state index contributed by atoms with van der Waals surface area (Å²) in [6.45, 7) is 0. The molecule has 1 N–H and O–H groups in total. The zero-order valence-electron chi connectivity index (χ0n) is 12.7. The van der Waals surface area contributed by atoms with Crippen LogP contribution in [0.25, 0.3) is 0 Å². The van der Waals surface area contributed by atoms with Crippen LogP contribution in [-0.2, 0) is 16.2 Å². The molecule has 0 amide bonds. The van der Waals surface area contributed by atoms with Gasteiger partial charge in [0, 0.05) is 5.92 Å². The number of nitriles is 1. The standard InChI is InChI=1S/C16H13F3N2O3S/c17-16(18,19)12-6-11(4-3-10(12)7-20)21-15(22)13-8-1-2-9(5-8)14(13)25(21,23)24/h1-4,6,8-9,13-15,22H,5H2/t8-,9+,13-,14+,15?/m0/s1. The van der Waals surface area contributed by atoms with E-state index in [2.05, 4.69) is 0 Å². The molecule has 5 atom stereocenters. The lowest BCUT2D eigenvalue weighted by Crippen LogP contribution is -2.37. The first-order chi connectivity index (χ1) is 11.7. The van der Waals surface area contributed by atoms with E-state index in [1.165, 1.54) is 6.07 Å². The number of nitrogens with zero attached hydrogens (tertiary/aromatic N) is 2. The van der Waals surface area contributed by atoms with E-state index in [0.29, 0.717) is 16.8 Å². The van der Waals surface area contributed by atoms with Gasteiger partial charge in [-0.2, -0.15) is 18.4 Å². The molecule has 25 heavy (non-hydrogen) atoms. The fourth-order valence-corrected chi connectivity index (χ4v) is 6.86. The minimum Gasteiger partial charge on any atom is -0.372 e. The van der Waals surface area contributed by atoms with Crippen molar-refractivity contribution in [3.63, 3.8) is 0 Å². The predicted molar refractivity (Wildman–Crippen MR) is 81.6 cm³/mol. The third kappa shape index (κ3) is 2.14. The number of allylic oxidation sites excluding steroid dienone is 2. The Morgan fingerprint density at radius 2 is 1.92 bits per heavy atom. The summed E-state index contributed by atoms with van der Waals surface area (Å²) in [6.07, 6.45) is -1.90. The molecule has 0 radical (unpaired) electrons. The summed E-state index contributed by atoms with van der Waals surface area (Å²) in [6, 6.07) is 4.14. The minimum absolute atomic E-state index is 0.0924. The van der Waals surface area contributed by atoms with Gasteiger partial charge in [0.25, 0.3) is 0 Å². The smallest absolute Gasteiger partial charge is 0.372 e. The fourth-order valence-electron chi connectivity index (χ4n) is 4.36. The topological polar surface area (TPSA) is 81.4 Å². The Hall–Kier alpha value is -2.05. The Balaban J connectivity index is 1.82. The maximum atomic E-state index is 13.2. The quantitative estimate of drug-likeness (QED) is 0.769. The molecule has 1 saturated carbocycles. The third-order valence-electron chi connectivity index (χ3n) is 5.33. The summed E-state index contributed by atoms with van der Waals surface area (Å²) < 4.78 is 65.9. The number of benzene rings is 1. The van der Waals surface area contributed by atoms with Crippen LogP contribution in [0.2, 0.25) is 0 Å². The molecule has 0 spiro atoms. The van der Waals surface area contributed by atoms with Gasteiger partial charge in [0.15, 0.2) is 0 Å². The average Bonchev–Trinajstić information content (AvgIpc) is 3.19. The van der Waals surface area contributed by atoms with E-state index < -0.39 is 44.7 Å². The van der Waals surface area contributed by atoms with Gasteiger partial charge in [-0.1, -0.05) is 12.2 Å². The maximum absolute atomic E-state index is 13.2. The summed E-state index contributed by atoms with van der Waals surface area (Å²) in [5, 5.41) is 18.6. The van der Waals surface area contributed by atoms with Crippen LogP contribution in [0.1, 0.15) is 17.5 Å². The summed E-state index contributed by atoms with van der Waals surface area (Å²) in [4.78, 5) is 0. The summed E-state index contributed by atoms with van der Waals surface area (Å²) in [5.41, 5.74) is -2.08. The number of fused-ring (bicyclic) bond motifs is 5. The molecule has 1 unspecified atom stereocenters. The van der Waals surface area contributed by atoms with Crippen molar-refractivity contribution in [1.29, 1.82) is 5.26 Å². The van der Waals surface area contributed by atoms with Crippen LogP contribution in [0, 0.1) is 29.1 Å². The van der Waals surface area contributed by atoms with Gasteiger partial charge in [0.05, 0.1) is 28.1 Å². The van der Waals surface area contributed by atoms with Gasteiger partial charge in [0.1, 0.15) is 6.23 Å². The number of aliphatic hydroxyl groups is 1. The highest BCUT2D eigenvalue weighted by Crippen LogP contribution is 2.54. The van der Waals surface area contributed by atoms with Crippen molar-refractivity contribution in [3.8, 4) is 6.07 Å². The van der Waals surface area contributed by atoms with E-state index in [4.69, 9.17) is 5.26 Å². The molecule has 1 heterocycles. The molecule has 2 bridgehead atoms. The zero-order valence-corrected chi connectivity index (χ0v) is 13.5. The Morgan fingerprint density at radius 1 is 1.24 bits per heavy atom. The van der Waals surface area contributed by atoms with Crippen molar-refractivity contribution in [3.05, 3.63) is 41.5 Å². The monoisotopic (exact) mass is 370 g/mol. The molecule has 9 heteroatoms. The number of hydrogen-bond donors (Lipinski definition) is 1. The second kappa shape index (κ2) is 4.99. The second-order valence-electron chi connectivity index (χ2n) is 6.58. The predicted octanol–water partition coefficient (Wildman–Crippen LogP) is 2.24. The van der Waals surface area contributed by atoms with E-state index in [-0.39, 0.29) is 17.5 Å². The number of rotatable bonds is 1. The van der Waals surface area contributed by atoms with Gasteiger partial charge < -0.3 is 5.11 Å². The lowest BCUT2D eigenvalue weighted by molar-refractivity contribution is -0.137. The molecule has 1 saturated heterocycles. The van der Waals surface area contributed by atoms with E-state index in [1.807, 2.05) is 6.08 Å². The molecule has 4 rings (SSSR count). The number of halogens is 3. The van der Waals surface area contributed by atoms with Crippen molar-refractivity contribution in [2.45, 2.75) is 24.1 Å². The highest BCUT2D eigenvalue weighted by Gasteiger charge is 2.62. The van der Waals surface area contributed by atoms with Gasteiger partial charge in [-0.15, -0.1) is 0 Å².